The van der Waals surface area contributed by atoms with Crippen LogP contribution in [-0.2, 0) is 6.61 Å². The highest BCUT2D eigenvalue weighted by Gasteiger charge is 2.13. The Labute approximate surface area is 120 Å². The van der Waals surface area contributed by atoms with Gasteiger partial charge in [0.1, 0.15) is 0 Å². The fourth-order valence-electron chi connectivity index (χ4n) is 2.43. The van der Waals surface area contributed by atoms with Crippen molar-refractivity contribution in [2.24, 2.45) is 0 Å². The highest BCUT2D eigenvalue weighted by molar-refractivity contribution is 6.05. The van der Waals surface area contributed by atoms with Gasteiger partial charge in [0.05, 0.1) is 12.2 Å². The van der Waals surface area contributed by atoms with E-state index in [2.05, 4.69) is 4.98 Å². The Morgan fingerprint density at radius 1 is 1.19 bits per heavy atom. The van der Waals surface area contributed by atoms with E-state index >= 15 is 0 Å². The number of nitrogen functional groups attached to an aromatic ring is 1. The summed E-state index contributed by atoms with van der Waals surface area (Å²) < 4.78 is 0. The van der Waals surface area contributed by atoms with Crippen molar-refractivity contribution in [2.75, 3.05) is 5.73 Å². The van der Waals surface area contributed by atoms with Crippen molar-refractivity contribution >= 4 is 22.6 Å². The standard InChI is InChI=1S/C16H14N2O3/c17-11-5-13(16(20)21)12-7-14(18-15(12)6-11)10-3-1-2-9(4-10)8-19/h1-7,18-19H,8,17H2,(H,20,21). The second-order valence-electron chi connectivity index (χ2n) is 4.88. The fourth-order valence-corrected chi connectivity index (χ4v) is 2.43. The van der Waals surface area contributed by atoms with Gasteiger partial charge in [-0.05, 0) is 35.4 Å². The second-order valence-corrected chi connectivity index (χ2v) is 4.88. The van der Waals surface area contributed by atoms with Crippen LogP contribution in [-0.4, -0.2) is 21.2 Å². The van der Waals surface area contributed by atoms with Gasteiger partial charge < -0.3 is 20.9 Å². The number of nitrogens with two attached hydrogens (primary N) is 1. The van der Waals surface area contributed by atoms with Gasteiger partial charge in [0.25, 0.3) is 0 Å². The molecule has 2 aromatic carbocycles. The summed E-state index contributed by atoms with van der Waals surface area (Å²) in [5.41, 5.74) is 9.45. The molecule has 5 N–H and O–H groups in total. The maximum Gasteiger partial charge on any atom is 0.336 e. The number of nitrogens with one attached hydrogen (secondary N) is 1. The Bertz CT molecular complexity index is 837. The molecule has 0 aliphatic carbocycles. The van der Waals surface area contributed by atoms with Crippen LogP contribution in [0.15, 0.2) is 42.5 Å². The van der Waals surface area contributed by atoms with E-state index in [-0.39, 0.29) is 12.2 Å². The average molecular weight is 282 g/mol. The van der Waals surface area contributed by atoms with Crippen LogP contribution in [0.4, 0.5) is 5.69 Å². The molecule has 0 unspecified atom stereocenters. The molecule has 0 fully saturated rings. The number of hydrogen-bond acceptors (Lipinski definition) is 3. The van der Waals surface area contributed by atoms with Crippen LogP contribution in [0.1, 0.15) is 15.9 Å². The maximum atomic E-state index is 11.3. The number of aromatic nitrogens is 1. The summed E-state index contributed by atoms with van der Waals surface area (Å²) in [7, 11) is 0. The molecule has 0 aliphatic rings. The third-order valence-corrected chi connectivity index (χ3v) is 3.41. The summed E-state index contributed by atoms with van der Waals surface area (Å²) >= 11 is 0. The van der Waals surface area contributed by atoms with Crippen LogP contribution in [0.25, 0.3) is 22.2 Å². The smallest absolute Gasteiger partial charge is 0.336 e. The van der Waals surface area contributed by atoms with E-state index in [0.29, 0.717) is 16.6 Å². The monoisotopic (exact) mass is 282 g/mol. The number of hydrogen-bond donors (Lipinski definition) is 4. The van der Waals surface area contributed by atoms with Gasteiger partial charge >= 0.3 is 5.97 Å². The van der Waals surface area contributed by atoms with Crippen LogP contribution < -0.4 is 5.73 Å². The quantitative estimate of drug-likeness (QED) is 0.555. The molecule has 21 heavy (non-hydrogen) atoms. The van der Waals surface area contributed by atoms with Gasteiger partial charge in [0.2, 0.25) is 0 Å². The molecule has 0 aliphatic heterocycles. The van der Waals surface area contributed by atoms with Crippen LogP contribution in [0.3, 0.4) is 0 Å². The van der Waals surface area contributed by atoms with Crippen LogP contribution >= 0.6 is 0 Å². The number of aromatic amines is 1. The van der Waals surface area contributed by atoms with Gasteiger partial charge in [-0.3, -0.25) is 0 Å². The van der Waals surface area contributed by atoms with E-state index in [4.69, 9.17) is 5.73 Å². The molecule has 106 valence electrons. The van der Waals surface area contributed by atoms with Crippen molar-refractivity contribution in [3.05, 3.63) is 53.6 Å². The van der Waals surface area contributed by atoms with Gasteiger partial charge in [-0.25, -0.2) is 4.79 Å². The molecular formula is C16H14N2O3. The molecule has 5 heteroatoms. The first-order valence-electron chi connectivity index (χ1n) is 6.44. The first-order chi connectivity index (χ1) is 10.1. The number of benzene rings is 2. The lowest BCUT2D eigenvalue weighted by Crippen LogP contribution is -1.98. The number of aliphatic hydroxyl groups is 1. The largest absolute Gasteiger partial charge is 0.478 e. The normalized spacial score (nSPS) is 10.9. The van der Waals surface area contributed by atoms with Crippen molar-refractivity contribution in [1.82, 2.24) is 4.98 Å². The molecule has 1 heterocycles. The summed E-state index contributed by atoms with van der Waals surface area (Å²) in [5.74, 6) is -1.01. The maximum absolute atomic E-state index is 11.3. The molecule has 0 spiro atoms. The summed E-state index contributed by atoms with van der Waals surface area (Å²) in [6, 6.07) is 12.4. The summed E-state index contributed by atoms with van der Waals surface area (Å²) in [6.07, 6.45) is 0. The van der Waals surface area contributed by atoms with Crippen molar-refractivity contribution in [1.29, 1.82) is 0 Å². The molecular weight excluding hydrogens is 268 g/mol. The zero-order valence-electron chi connectivity index (χ0n) is 11.1. The highest BCUT2D eigenvalue weighted by atomic mass is 16.4. The van der Waals surface area contributed by atoms with Crippen molar-refractivity contribution < 1.29 is 15.0 Å². The Kier molecular flexibility index (Phi) is 3.12. The van der Waals surface area contributed by atoms with Gasteiger partial charge in [0.15, 0.2) is 0 Å². The number of anilines is 1. The summed E-state index contributed by atoms with van der Waals surface area (Å²) in [6.45, 7) is -0.0403. The van der Waals surface area contributed by atoms with Crippen molar-refractivity contribution in [2.45, 2.75) is 6.61 Å². The Hall–Kier alpha value is -2.79. The molecule has 3 rings (SSSR count). The van der Waals surface area contributed by atoms with Crippen molar-refractivity contribution in [3.8, 4) is 11.3 Å². The molecule has 0 amide bonds. The molecule has 5 nitrogen and oxygen atoms in total. The number of aromatic carboxylic acids is 1. The number of carbonyl (C=O) groups is 1. The molecule has 0 atom stereocenters. The molecule has 0 saturated carbocycles. The molecule has 0 bridgehead atoms. The van der Waals surface area contributed by atoms with E-state index in [1.165, 1.54) is 6.07 Å². The third kappa shape index (κ3) is 2.34. The van der Waals surface area contributed by atoms with E-state index in [9.17, 15) is 15.0 Å². The average Bonchev–Trinajstić information content (AvgIpc) is 2.90. The van der Waals surface area contributed by atoms with Gasteiger partial charge in [0, 0.05) is 22.3 Å². The Balaban J connectivity index is 2.21. The molecule has 1 aromatic heterocycles. The second kappa shape index (κ2) is 4.96. The third-order valence-electron chi connectivity index (χ3n) is 3.41. The fraction of sp³-hybridized carbons (Fsp3) is 0.0625. The summed E-state index contributed by atoms with van der Waals surface area (Å²) in [5, 5.41) is 19.1. The minimum Gasteiger partial charge on any atom is -0.478 e. The van der Waals surface area contributed by atoms with E-state index in [1.807, 2.05) is 24.3 Å². The van der Waals surface area contributed by atoms with Crippen LogP contribution in [0.2, 0.25) is 0 Å². The van der Waals surface area contributed by atoms with Gasteiger partial charge in [-0.2, -0.15) is 0 Å². The number of aliphatic hydroxyl groups excluding tert-OH is 1. The Morgan fingerprint density at radius 2 is 2.00 bits per heavy atom. The number of carboxylic acid groups (broad SMARTS) is 1. The predicted molar refractivity (Wildman–Crippen MR) is 81.0 cm³/mol. The van der Waals surface area contributed by atoms with Crippen LogP contribution in [0.5, 0.6) is 0 Å². The SMILES string of the molecule is Nc1cc(C(=O)O)c2cc(-c3cccc(CO)c3)[nH]c2c1. The highest BCUT2D eigenvalue weighted by Crippen LogP contribution is 2.29. The molecule has 3 aromatic rings. The first-order valence-corrected chi connectivity index (χ1v) is 6.44. The number of fused-ring (bicyclic) bond motifs is 1. The lowest BCUT2D eigenvalue weighted by molar-refractivity contribution is 0.0699. The lowest BCUT2D eigenvalue weighted by Gasteiger charge is -2.00. The Morgan fingerprint density at radius 3 is 2.71 bits per heavy atom. The number of rotatable bonds is 3. The van der Waals surface area contributed by atoms with Crippen molar-refractivity contribution in [3.63, 3.8) is 0 Å². The lowest BCUT2D eigenvalue weighted by atomic mass is 10.1. The van der Waals surface area contributed by atoms with E-state index in [0.717, 1.165) is 16.8 Å². The number of H-pyrrole nitrogens is 1. The number of carboxylic acids is 1. The zero-order valence-corrected chi connectivity index (χ0v) is 11.1. The zero-order chi connectivity index (χ0) is 15.0. The van der Waals surface area contributed by atoms with Gasteiger partial charge in [-0.15, -0.1) is 0 Å². The minimum atomic E-state index is -1.01. The summed E-state index contributed by atoms with van der Waals surface area (Å²) in [4.78, 5) is 14.5. The van der Waals surface area contributed by atoms with E-state index < -0.39 is 5.97 Å². The predicted octanol–water partition coefficient (Wildman–Crippen LogP) is 2.61. The molecule has 0 radical (unpaired) electrons. The van der Waals surface area contributed by atoms with Crippen LogP contribution in [0, 0.1) is 0 Å². The minimum absolute atomic E-state index is 0.0403. The van der Waals surface area contributed by atoms with E-state index in [1.54, 1.807) is 12.1 Å². The first kappa shape index (κ1) is 13.2. The van der Waals surface area contributed by atoms with Gasteiger partial charge in [-0.1, -0.05) is 18.2 Å². The molecule has 0 saturated heterocycles. The topological polar surface area (TPSA) is 99.3 Å².